The molecule has 0 amide bonds. The highest BCUT2D eigenvalue weighted by atomic mass is 35.5. The molecule has 19 heavy (non-hydrogen) atoms. The zero-order chi connectivity index (χ0) is 13.8. The Hall–Kier alpha value is -1.03. The number of halogens is 1. The molecule has 0 aromatic carbocycles. The summed E-state index contributed by atoms with van der Waals surface area (Å²) >= 11 is 6.26. The van der Waals surface area contributed by atoms with Gasteiger partial charge < -0.3 is 10.2 Å². The van der Waals surface area contributed by atoms with E-state index in [2.05, 4.69) is 34.2 Å². The van der Waals surface area contributed by atoms with E-state index in [1.165, 1.54) is 25.7 Å². The Morgan fingerprint density at radius 2 is 2.16 bits per heavy atom. The lowest BCUT2D eigenvalue weighted by Crippen LogP contribution is -2.39. The maximum atomic E-state index is 6.26. The molecule has 1 aliphatic carbocycles. The topological polar surface area (TPSA) is 41.1 Å². The average Bonchev–Trinajstić information content (AvgIpc) is 2.41. The summed E-state index contributed by atoms with van der Waals surface area (Å²) in [6.07, 6.45) is 6.83. The second-order valence-electron chi connectivity index (χ2n) is 5.34. The van der Waals surface area contributed by atoms with Crippen LogP contribution in [0.2, 0.25) is 5.02 Å². The van der Waals surface area contributed by atoms with Crippen LogP contribution in [0.5, 0.6) is 0 Å². The van der Waals surface area contributed by atoms with Gasteiger partial charge in [0, 0.05) is 19.6 Å². The SMILES string of the molecule is CCNc1ncc(Cl)c(N(C)C2CCCCC2C)n1. The van der Waals surface area contributed by atoms with Gasteiger partial charge in [-0.15, -0.1) is 0 Å². The molecule has 2 atom stereocenters. The van der Waals surface area contributed by atoms with E-state index in [4.69, 9.17) is 11.6 Å². The summed E-state index contributed by atoms with van der Waals surface area (Å²) < 4.78 is 0. The predicted octanol–water partition coefficient (Wildman–Crippen LogP) is 3.58. The molecule has 2 unspecified atom stereocenters. The van der Waals surface area contributed by atoms with E-state index in [9.17, 15) is 0 Å². The Kier molecular flexibility index (Phi) is 4.86. The van der Waals surface area contributed by atoms with Crippen molar-refractivity contribution in [2.24, 2.45) is 5.92 Å². The Balaban J connectivity index is 2.21. The first-order valence-electron chi connectivity index (χ1n) is 7.12. The van der Waals surface area contributed by atoms with Crippen molar-refractivity contribution < 1.29 is 0 Å². The molecule has 4 nitrogen and oxygen atoms in total. The third kappa shape index (κ3) is 3.30. The van der Waals surface area contributed by atoms with E-state index >= 15 is 0 Å². The molecule has 1 aromatic heterocycles. The van der Waals surface area contributed by atoms with Crippen LogP contribution in [-0.2, 0) is 0 Å². The molecule has 0 bridgehead atoms. The predicted molar refractivity (Wildman–Crippen MR) is 81.0 cm³/mol. The van der Waals surface area contributed by atoms with Crippen molar-refractivity contribution in [3.63, 3.8) is 0 Å². The monoisotopic (exact) mass is 282 g/mol. The minimum atomic E-state index is 0.524. The molecule has 5 heteroatoms. The molecular weight excluding hydrogens is 260 g/mol. The molecule has 1 fully saturated rings. The molecule has 1 aromatic rings. The molecule has 1 N–H and O–H groups in total. The minimum absolute atomic E-state index is 0.524. The van der Waals surface area contributed by atoms with E-state index in [-0.39, 0.29) is 0 Å². The zero-order valence-electron chi connectivity index (χ0n) is 12.0. The van der Waals surface area contributed by atoms with Crippen molar-refractivity contribution in [1.29, 1.82) is 0 Å². The molecule has 1 saturated carbocycles. The minimum Gasteiger partial charge on any atom is -0.355 e. The summed E-state index contributed by atoms with van der Waals surface area (Å²) in [4.78, 5) is 11.0. The molecular formula is C14H23ClN4. The third-order valence-electron chi connectivity index (χ3n) is 3.96. The van der Waals surface area contributed by atoms with E-state index in [0.717, 1.165) is 12.4 Å². The Labute approximate surface area is 120 Å². The first-order valence-corrected chi connectivity index (χ1v) is 7.50. The summed E-state index contributed by atoms with van der Waals surface area (Å²) in [5, 5.41) is 3.76. The van der Waals surface area contributed by atoms with Crippen LogP contribution in [0.4, 0.5) is 11.8 Å². The molecule has 2 rings (SSSR count). The van der Waals surface area contributed by atoms with Gasteiger partial charge in [-0.1, -0.05) is 31.4 Å². The first-order chi connectivity index (χ1) is 9.13. The molecule has 1 aliphatic rings. The average molecular weight is 283 g/mol. The number of hydrogen-bond acceptors (Lipinski definition) is 4. The van der Waals surface area contributed by atoms with Crippen LogP contribution in [0.1, 0.15) is 39.5 Å². The molecule has 106 valence electrons. The van der Waals surface area contributed by atoms with Gasteiger partial charge in [0.05, 0.1) is 6.20 Å². The van der Waals surface area contributed by atoms with Gasteiger partial charge in [-0.3, -0.25) is 0 Å². The van der Waals surface area contributed by atoms with Crippen molar-refractivity contribution >= 4 is 23.4 Å². The van der Waals surface area contributed by atoms with Gasteiger partial charge in [-0.05, 0) is 25.7 Å². The number of hydrogen-bond donors (Lipinski definition) is 1. The van der Waals surface area contributed by atoms with E-state index < -0.39 is 0 Å². The van der Waals surface area contributed by atoms with Crippen LogP contribution >= 0.6 is 11.6 Å². The van der Waals surface area contributed by atoms with Crippen molar-refractivity contribution in [3.8, 4) is 0 Å². The highest BCUT2D eigenvalue weighted by molar-refractivity contribution is 6.32. The van der Waals surface area contributed by atoms with Crippen molar-refractivity contribution in [2.45, 2.75) is 45.6 Å². The second-order valence-corrected chi connectivity index (χ2v) is 5.74. The lowest BCUT2D eigenvalue weighted by molar-refractivity contribution is 0.320. The Bertz CT molecular complexity index is 424. The zero-order valence-corrected chi connectivity index (χ0v) is 12.7. The van der Waals surface area contributed by atoms with Gasteiger partial charge in [-0.25, -0.2) is 4.98 Å². The van der Waals surface area contributed by atoms with Crippen molar-refractivity contribution in [3.05, 3.63) is 11.2 Å². The Morgan fingerprint density at radius 3 is 2.84 bits per heavy atom. The number of rotatable bonds is 4. The standard InChI is InChI=1S/C14H23ClN4/c1-4-16-14-17-9-11(15)13(18-14)19(3)12-8-6-5-7-10(12)2/h9-10,12H,4-8H2,1-3H3,(H,16,17,18). The van der Waals surface area contributed by atoms with E-state index in [1.54, 1.807) is 6.20 Å². The summed E-state index contributed by atoms with van der Waals surface area (Å²) in [5.41, 5.74) is 0. The molecule has 1 heterocycles. The van der Waals surface area contributed by atoms with Crippen molar-refractivity contribution in [2.75, 3.05) is 23.8 Å². The van der Waals surface area contributed by atoms with Crippen molar-refractivity contribution in [1.82, 2.24) is 9.97 Å². The van der Waals surface area contributed by atoms with Gasteiger partial charge in [0.2, 0.25) is 5.95 Å². The lowest BCUT2D eigenvalue weighted by Gasteiger charge is -2.37. The Morgan fingerprint density at radius 1 is 1.42 bits per heavy atom. The lowest BCUT2D eigenvalue weighted by atomic mass is 9.85. The largest absolute Gasteiger partial charge is 0.355 e. The molecule has 0 spiro atoms. The summed E-state index contributed by atoms with van der Waals surface area (Å²) in [6, 6.07) is 0.524. The van der Waals surface area contributed by atoms with E-state index in [1.807, 2.05) is 6.92 Å². The first kappa shape index (κ1) is 14.4. The highest BCUT2D eigenvalue weighted by Crippen LogP contribution is 2.32. The second kappa shape index (κ2) is 6.42. The quantitative estimate of drug-likeness (QED) is 0.916. The van der Waals surface area contributed by atoms with Crippen LogP contribution < -0.4 is 10.2 Å². The maximum Gasteiger partial charge on any atom is 0.224 e. The molecule has 0 radical (unpaired) electrons. The summed E-state index contributed by atoms with van der Waals surface area (Å²) in [6.45, 7) is 5.16. The van der Waals surface area contributed by atoms with Gasteiger partial charge in [-0.2, -0.15) is 4.98 Å². The van der Waals surface area contributed by atoms with Gasteiger partial charge in [0.1, 0.15) is 5.02 Å². The molecule has 0 aliphatic heterocycles. The van der Waals surface area contributed by atoms with Crippen LogP contribution in [0.25, 0.3) is 0 Å². The normalized spacial score (nSPS) is 23.2. The fraction of sp³-hybridized carbons (Fsp3) is 0.714. The fourth-order valence-electron chi connectivity index (χ4n) is 2.88. The fourth-order valence-corrected chi connectivity index (χ4v) is 3.10. The maximum absolute atomic E-state index is 6.26. The summed E-state index contributed by atoms with van der Waals surface area (Å²) in [5.74, 6) is 2.18. The van der Waals surface area contributed by atoms with Crippen LogP contribution in [0, 0.1) is 5.92 Å². The number of nitrogens with one attached hydrogen (secondary N) is 1. The number of nitrogens with zero attached hydrogens (tertiary/aromatic N) is 3. The van der Waals surface area contributed by atoms with Gasteiger partial charge in [0.15, 0.2) is 5.82 Å². The smallest absolute Gasteiger partial charge is 0.224 e. The summed E-state index contributed by atoms with van der Waals surface area (Å²) in [7, 11) is 2.09. The highest BCUT2D eigenvalue weighted by Gasteiger charge is 2.27. The number of aromatic nitrogens is 2. The van der Waals surface area contributed by atoms with Gasteiger partial charge >= 0.3 is 0 Å². The molecule has 0 saturated heterocycles. The van der Waals surface area contributed by atoms with E-state index in [0.29, 0.717) is 22.9 Å². The number of anilines is 2. The third-order valence-corrected chi connectivity index (χ3v) is 4.22. The van der Waals surface area contributed by atoms with Gasteiger partial charge in [0.25, 0.3) is 0 Å². The van der Waals surface area contributed by atoms with Crippen LogP contribution in [-0.4, -0.2) is 29.6 Å². The van der Waals surface area contributed by atoms with Crippen LogP contribution in [0.15, 0.2) is 6.20 Å². The van der Waals surface area contributed by atoms with Crippen LogP contribution in [0.3, 0.4) is 0 Å².